The van der Waals surface area contributed by atoms with Gasteiger partial charge in [0, 0.05) is 10.5 Å². The van der Waals surface area contributed by atoms with Gasteiger partial charge in [0.2, 0.25) is 5.89 Å². The van der Waals surface area contributed by atoms with E-state index in [0.717, 1.165) is 21.2 Å². The summed E-state index contributed by atoms with van der Waals surface area (Å²) in [5.41, 5.74) is 2.84. The number of nitrogens with zero attached hydrogens (tertiary/aromatic N) is 2. The van der Waals surface area contributed by atoms with Gasteiger partial charge in [0.25, 0.3) is 5.89 Å². The molecule has 0 N–H and O–H groups in total. The Morgan fingerprint density at radius 3 is 2.72 bits per heavy atom. The minimum Gasteiger partial charge on any atom is -0.452 e. The molecule has 0 aliphatic heterocycles. The number of aryl methyl sites for hydroxylation is 1. The van der Waals surface area contributed by atoms with E-state index in [1.165, 1.54) is 6.08 Å². The third-order valence-electron chi connectivity index (χ3n) is 3.50. The minimum absolute atomic E-state index is 0.0750. The molecule has 0 amide bonds. The van der Waals surface area contributed by atoms with Crippen LogP contribution in [0.4, 0.5) is 0 Å². The van der Waals surface area contributed by atoms with Gasteiger partial charge in [-0.3, -0.25) is 0 Å². The van der Waals surface area contributed by atoms with Gasteiger partial charge in [-0.2, -0.15) is 0 Å². The molecule has 0 atom stereocenters. The highest BCUT2D eigenvalue weighted by Gasteiger charge is 2.12. The molecule has 0 radical (unpaired) electrons. The average Bonchev–Trinajstić information content (AvgIpc) is 3.08. The summed E-state index contributed by atoms with van der Waals surface area (Å²) in [6.07, 6.45) is 3.10. The van der Waals surface area contributed by atoms with Crippen LogP contribution in [0.1, 0.15) is 17.0 Å². The highest BCUT2D eigenvalue weighted by atomic mass is 79.9. The lowest BCUT2D eigenvalue weighted by atomic mass is 10.1. The summed E-state index contributed by atoms with van der Waals surface area (Å²) in [7, 11) is 0. The largest absolute Gasteiger partial charge is 0.452 e. The Morgan fingerprint density at radius 1 is 1.16 bits per heavy atom. The number of carbonyl (C=O) groups is 1. The summed E-state index contributed by atoms with van der Waals surface area (Å²) >= 11 is 3.43. The van der Waals surface area contributed by atoms with Gasteiger partial charge in [-0.05, 0) is 52.2 Å². The number of ether oxygens (including phenoxy) is 1. The molecule has 3 rings (SSSR count). The van der Waals surface area contributed by atoms with Crippen molar-refractivity contribution in [3.63, 3.8) is 0 Å². The van der Waals surface area contributed by atoms with E-state index in [9.17, 15) is 4.79 Å². The van der Waals surface area contributed by atoms with Crippen LogP contribution < -0.4 is 0 Å². The van der Waals surface area contributed by atoms with E-state index < -0.39 is 5.97 Å². The van der Waals surface area contributed by atoms with Crippen molar-refractivity contribution in [1.82, 2.24) is 10.2 Å². The van der Waals surface area contributed by atoms with Crippen LogP contribution in [-0.4, -0.2) is 16.2 Å². The number of halogens is 1. The Labute approximate surface area is 153 Å². The second-order valence-electron chi connectivity index (χ2n) is 5.28. The second-order valence-corrected chi connectivity index (χ2v) is 6.13. The molecule has 126 valence electrons. The lowest BCUT2D eigenvalue weighted by molar-refractivity contribution is -0.139. The summed E-state index contributed by atoms with van der Waals surface area (Å²) < 4.78 is 11.5. The quantitative estimate of drug-likeness (QED) is 0.465. The zero-order valence-electron chi connectivity index (χ0n) is 13.5. The third-order valence-corrected chi connectivity index (χ3v) is 4.19. The molecule has 25 heavy (non-hydrogen) atoms. The van der Waals surface area contributed by atoms with Crippen LogP contribution in [0.3, 0.4) is 0 Å². The maximum atomic E-state index is 11.8. The van der Waals surface area contributed by atoms with Crippen LogP contribution >= 0.6 is 15.9 Å². The van der Waals surface area contributed by atoms with E-state index in [-0.39, 0.29) is 12.5 Å². The first kappa shape index (κ1) is 17.1. The van der Waals surface area contributed by atoms with E-state index in [2.05, 4.69) is 26.1 Å². The fourth-order valence-corrected chi connectivity index (χ4v) is 2.62. The molecule has 0 bridgehead atoms. The number of carbonyl (C=O) groups excluding carboxylic acids is 1. The molecule has 6 heteroatoms. The molecule has 0 spiro atoms. The standard InChI is InChI=1S/C19H15BrN2O3/c1-13-6-2-3-7-14(13)10-11-18(23)24-12-17-21-22-19(25-17)15-8-4-5-9-16(15)20/h2-11H,12H2,1H3/b11-10+. The number of esters is 1. The van der Waals surface area contributed by atoms with Crippen LogP contribution in [0, 0.1) is 6.92 Å². The Kier molecular flexibility index (Phi) is 5.40. The molecule has 2 aromatic carbocycles. The predicted molar refractivity (Wildman–Crippen MR) is 97.4 cm³/mol. The fourth-order valence-electron chi connectivity index (χ4n) is 2.17. The molecular formula is C19H15BrN2O3. The van der Waals surface area contributed by atoms with Crippen molar-refractivity contribution in [2.45, 2.75) is 13.5 Å². The second kappa shape index (κ2) is 7.90. The fraction of sp³-hybridized carbons (Fsp3) is 0.105. The summed E-state index contributed by atoms with van der Waals surface area (Å²) in [5.74, 6) is 0.140. The summed E-state index contributed by atoms with van der Waals surface area (Å²) in [6.45, 7) is 1.90. The van der Waals surface area contributed by atoms with Crippen molar-refractivity contribution < 1.29 is 13.9 Å². The number of hydrogen-bond acceptors (Lipinski definition) is 5. The van der Waals surface area contributed by atoms with Crippen molar-refractivity contribution in [3.8, 4) is 11.5 Å². The summed E-state index contributed by atoms with van der Waals surface area (Å²) in [5, 5.41) is 7.87. The molecular weight excluding hydrogens is 384 g/mol. The monoisotopic (exact) mass is 398 g/mol. The van der Waals surface area contributed by atoms with E-state index in [1.807, 2.05) is 55.5 Å². The molecule has 1 heterocycles. The lowest BCUT2D eigenvalue weighted by Gasteiger charge is -2.00. The Morgan fingerprint density at radius 2 is 1.92 bits per heavy atom. The first-order valence-electron chi connectivity index (χ1n) is 7.61. The van der Waals surface area contributed by atoms with E-state index >= 15 is 0 Å². The van der Waals surface area contributed by atoms with Crippen LogP contribution in [0.15, 0.2) is 63.5 Å². The summed E-state index contributed by atoms with van der Waals surface area (Å²) in [4.78, 5) is 11.8. The molecule has 0 fully saturated rings. The van der Waals surface area contributed by atoms with Gasteiger partial charge in [0.15, 0.2) is 6.61 Å². The first-order chi connectivity index (χ1) is 12.1. The Hall–Kier alpha value is -2.73. The molecule has 1 aromatic heterocycles. The molecule has 5 nitrogen and oxygen atoms in total. The van der Waals surface area contributed by atoms with E-state index in [0.29, 0.717) is 5.89 Å². The van der Waals surface area contributed by atoms with Crippen molar-refractivity contribution in [2.24, 2.45) is 0 Å². The van der Waals surface area contributed by atoms with Gasteiger partial charge in [0.1, 0.15) is 0 Å². The smallest absolute Gasteiger partial charge is 0.331 e. The Bertz CT molecular complexity index is 918. The zero-order chi connectivity index (χ0) is 17.6. The van der Waals surface area contributed by atoms with Crippen molar-refractivity contribution in [2.75, 3.05) is 0 Å². The van der Waals surface area contributed by atoms with E-state index in [1.54, 1.807) is 6.08 Å². The van der Waals surface area contributed by atoms with E-state index in [4.69, 9.17) is 9.15 Å². The third kappa shape index (κ3) is 4.42. The topological polar surface area (TPSA) is 65.2 Å². The maximum absolute atomic E-state index is 11.8. The molecule has 3 aromatic rings. The van der Waals surface area contributed by atoms with Crippen LogP contribution in [0.2, 0.25) is 0 Å². The van der Waals surface area contributed by atoms with Crippen molar-refractivity contribution in [3.05, 3.63) is 76.1 Å². The average molecular weight is 399 g/mol. The number of benzene rings is 2. The van der Waals surface area contributed by atoms with Gasteiger partial charge in [-0.1, -0.05) is 36.4 Å². The summed E-state index contributed by atoms with van der Waals surface area (Å²) in [6, 6.07) is 15.3. The molecule has 0 aliphatic rings. The van der Waals surface area contributed by atoms with Gasteiger partial charge in [-0.25, -0.2) is 4.79 Å². The van der Waals surface area contributed by atoms with Gasteiger partial charge in [0.05, 0.1) is 5.56 Å². The lowest BCUT2D eigenvalue weighted by Crippen LogP contribution is -2.01. The minimum atomic E-state index is -0.469. The van der Waals surface area contributed by atoms with Gasteiger partial charge < -0.3 is 9.15 Å². The highest BCUT2D eigenvalue weighted by Crippen LogP contribution is 2.26. The van der Waals surface area contributed by atoms with Crippen LogP contribution in [0.5, 0.6) is 0 Å². The maximum Gasteiger partial charge on any atom is 0.331 e. The number of hydrogen-bond donors (Lipinski definition) is 0. The Balaban J connectivity index is 1.60. The van der Waals surface area contributed by atoms with Gasteiger partial charge in [-0.15, -0.1) is 10.2 Å². The zero-order valence-corrected chi connectivity index (χ0v) is 15.1. The van der Waals surface area contributed by atoms with Crippen LogP contribution in [0.25, 0.3) is 17.5 Å². The van der Waals surface area contributed by atoms with Crippen molar-refractivity contribution in [1.29, 1.82) is 0 Å². The molecule has 0 unspecified atom stereocenters. The van der Waals surface area contributed by atoms with Crippen molar-refractivity contribution >= 4 is 28.0 Å². The number of rotatable bonds is 5. The molecule has 0 saturated heterocycles. The number of aromatic nitrogens is 2. The SMILES string of the molecule is Cc1ccccc1/C=C/C(=O)OCc1nnc(-c2ccccc2Br)o1. The molecule has 0 saturated carbocycles. The normalized spacial score (nSPS) is 11.0. The highest BCUT2D eigenvalue weighted by molar-refractivity contribution is 9.10. The first-order valence-corrected chi connectivity index (χ1v) is 8.40. The molecule has 0 aliphatic carbocycles. The van der Waals surface area contributed by atoms with Gasteiger partial charge >= 0.3 is 5.97 Å². The predicted octanol–water partition coefficient (Wildman–Crippen LogP) is 4.56. The van der Waals surface area contributed by atoms with Crippen LogP contribution in [-0.2, 0) is 16.1 Å².